The molecule has 1 N–H and O–H groups in total. The second-order valence-electron chi connectivity index (χ2n) is 6.41. The molecule has 0 bridgehead atoms. The number of aromatic nitrogens is 4. The second kappa shape index (κ2) is 10.9. The van der Waals surface area contributed by atoms with Gasteiger partial charge in [0.25, 0.3) is 0 Å². The minimum Gasteiger partial charge on any atom is -0.445 e. The molecule has 1 unspecified atom stereocenters. The summed E-state index contributed by atoms with van der Waals surface area (Å²) in [7, 11) is 0. The zero-order valence-electron chi connectivity index (χ0n) is 16.5. The molecule has 8 nitrogen and oxygen atoms in total. The Morgan fingerprint density at radius 2 is 2.03 bits per heavy atom. The van der Waals surface area contributed by atoms with E-state index in [-0.39, 0.29) is 29.1 Å². The summed E-state index contributed by atoms with van der Waals surface area (Å²) in [6, 6.07) is 12.4. The van der Waals surface area contributed by atoms with Gasteiger partial charge in [0.05, 0.1) is 11.1 Å². The lowest BCUT2D eigenvalue weighted by Gasteiger charge is -2.15. The van der Waals surface area contributed by atoms with E-state index in [2.05, 4.69) is 20.7 Å². The molecule has 31 heavy (non-hydrogen) atoms. The van der Waals surface area contributed by atoms with Crippen LogP contribution in [0.4, 0.5) is 9.18 Å². The van der Waals surface area contributed by atoms with E-state index in [9.17, 15) is 14.0 Å². The number of nitrogens with zero attached hydrogens (tertiary/aromatic N) is 4. The van der Waals surface area contributed by atoms with Crippen LogP contribution < -0.4 is 5.32 Å². The first kappa shape index (κ1) is 22.7. The summed E-state index contributed by atoms with van der Waals surface area (Å²) in [5.74, 6) is -0.745. The Morgan fingerprint density at radius 3 is 2.74 bits per heavy atom. The third-order valence-electron chi connectivity index (χ3n) is 4.13. The van der Waals surface area contributed by atoms with Crippen LogP contribution in [0.2, 0.25) is 5.02 Å². The van der Waals surface area contributed by atoms with Crippen LogP contribution in [-0.4, -0.2) is 38.1 Å². The molecule has 0 radical (unpaired) electrons. The summed E-state index contributed by atoms with van der Waals surface area (Å²) in [5.41, 5.74) is 0.843. The molecular formula is C20H19ClFN5O3S. The number of rotatable bonds is 9. The maximum Gasteiger partial charge on any atom is 0.408 e. The van der Waals surface area contributed by atoms with Crippen molar-refractivity contribution >= 4 is 35.2 Å². The Kier molecular flexibility index (Phi) is 7.96. The zero-order chi connectivity index (χ0) is 22.2. The van der Waals surface area contributed by atoms with Gasteiger partial charge in [0.15, 0.2) is 5.78 Å². The quantitative estimate of drug-likeness (QED) is 0.514. The van der Waals surface area contributed by atoms with E-state index in [0.29, 0.717) is 11.3 Å². The van der Waals surface area contributed by atoms with Crippen LogP contribution in [0.5, 0.6) is 0 Å². The highest BCUT2D eigenvalue weighted by atomic mass is 35.5. The molecule has 1 amide bonds. The molecule has 1 heterocycles. The topological polar surface area (TPSA) is 99.0 Å². The predicted octanol–water partition coefficient (Wildman–Crippen LogP) is 3.89. The number of tetrazole rings is 1. The van der Waals surface area contributed by atoms with E-state index >= 15 is 0 Å². The molecule has 0 spiro atoms. The van der Waals surface area contributed by atoms with Crippen molar-refractivity contribution in [3.63, 3.8) is 0 Å². The number of carbonyl (C=O) groups is 2. The maximum absolute atomic E-state index is 13.2. The molecule has 11 heteroatoms. The average Bonchev–Trinajstić information content (AvgIpc) is 3.20. The number of hydrogen-bond acceptors (Lipinski definition) is 7. The molecule has 1 aromatic heterocycles. The highest BCUT2D eigenvalue weighted by Gasteiger charge is 2.21. The first-order valence-corrected chi connectivity index (χ1v) is 10.5. The van der Waals surface area contributed by atoms with Crippen molar-refractivity contribution in [3.05, 3.63) is 64.9 Å². The van der Waals surface area contributed by atoms with Gasteiger partial charge < -0.3 is 10.1 Å². The SMILES string of the molecule is CCC(NC(=O)OCc1ccccc1)C(=O)Cn1nnc(Sc2ccc(F)cc2Cl)n1. The molecule has 0 fully saturated rings. The van der Waals surface area contributed by atoms with Gasteiger partial charge in [-0.2, -0.15) is 4.80 Å². The molecule has 1 atom stereocenters. The van der Waals surface area contributed by atoms with Crippen molar-refractivity contribution in [2.45, 2.75) is 42.6 Å². The lowest BCUT2D eigenvalue weighted by Crippen LogP contribution is -2.42. The number of amides is 1. The van der Waals surface area contributed by atoms with Crippen LogP contribution in [0.3, 0.4) is 0 Å². The Morgan fingerprint density at radius 1 is 1.26 bits per heavy atom. The van der Waals surface area contributed by atoms with Crippen LogP contribution in [0, 0.1) is 5.82 Å². The number of carbonyl (C=O) groups excluding carboxylic acids is 2. The Hall–Kier alpha value is -2.98. The van der Waals surface area contributed by atoms with Crippen molar-refractivity contribution in [2.24, 2.45) is 0 Å². The summed E-state index contributed by atoms with van der Waals surface area (Å²) >= 11 is 7.09. The summed E-state index contributed by atoms with van der Waals surface area (Å²) < 4.78 is 18.3. The van der Waals surface area contributed by atoms with E-state index in [1.165, 1.54) is 18.2 Å². The minimum atomic E-state index is -0.753. The van der Waals surface area contributed by atoms with Crippen LogP contribution in [0.25, 0.3) is 0 Å². The normalized spacial score (nSPS) is 11.7. The summed E-state index contributed by atoms with van der Waals surface area (Å²) in [6.07, 6.45) is -0.307. The van der Waals surface area contributed by atoms with Gasteiger partial charge in [-0.05, 0) is 47.2 Å². The first-order valence-electron chi connectivity index (χ1n) is 9.35. The fraction of sp³-hybridized carbons (Fsp3) is 0.250. The Bertz CT molecular complexity index is 1050. The summed E-state index contributed by atoms with van der Waals surface area (Å²) in [6.45, 7) is 1.70. The largest absolute Gasteiger partial charge is 0.445 e. The number of Topliss-reactive ketones (excluding diaryl/α,β-unsaturated/α-hetero) is 1. The van der Waals surface area contributed by atoms with Crippen molar-refractivity contribution in [3.8, 4) is 0 Å². The van der Waals surface area contributed by atoms with Gasteiger partial charge in [0.2, 0.25) is 5.16 Å². The number of hydrogen-bond donors (Lipinski definition) is 1. The van der Waals surface area contributed by atoms with Crippen LogP contribution in [-0.2, 0) is 22.7 Å². The number of ether oxygens (including phenoxy) is 1. The van der Waals surface area contributed by atoms with Gasteiger partial charge in [-0.15, -0.1) is 10.2 Å². The molecule has 3 rings (SSSR count). The number of halogens is 2. The highest BCUT2D eigenvalue weighted by molar-refractivity contribution is 7.99. The fourth-order valence-electron chi connectivity index (χ4n) is 2.56. The van der Waals surface area contributed by atoms with E-state index in [1.807, 2.05) is 30.3 Å². The van der Waals surface area contributed by atoms with Crippen LogP contribution >= 0.6 is 23.4 Å². The van der Waals surface area contributed by atoms with E-state index in [1.54, 1.807) is 6.92 Å². The molecule has 0 aliphatic rings. The molecule has 0 saturated carbocycles. The third kappa shape index (κ3) is 6.76. The van der Waals surface area contributed by atoms with Crippen LogP contribution in [0.1, 0.15) is 18.9 Å². The maximum atomic E-state index is 13.2. The van der Waals surface area contributed by atoms with E-state index in [4.69, 9.17) is 16.3 Å². The van der Waals surface area contributed by atoms with Gasteiger partial charge in [-0.25, -0.2) is 9.18 Å². The molecule has 0 saturated heterocycles. The lowest BCUT2D eigenvalue weighted by molar-refractivity contribution is -0.122. The van der Waals surface area contributed by atoms with Gasteiger partial charge in [0.1, 0.15) is 19.0 Å². The van der Waals surface area contributed by atoms with Crippen LogP contribution in [0.15, 0.2) is 58.6 Å². The van der Waals surface area contributed by atoms with E-state index < -0.39 is 18.0 Å². The average molecular weight is 464 g/mol. The number of nitrogens with one attached hydrogen (secondary N) is 1. The number of ketones is 1. The van der Waals surface area contributed by atoms with Gasteiger partial charge in [-0.1, -0.05) is 48.9 Å². The lowest BCUT2D eigenvalue weighted by atomic mass is 10.1. The minimum absolute atomic E-state index is 0.106. The molecular weight excluding hydrogens is 445 g/mol. The molecule has 3 aromatic rings. The highest BCUT2D eigenvalue weighted by Crippen LogP contribution is 2.31. The monoisotopic (exact) mass is 463 g/mol. The number of benzene rings is 2. The molecule has 0 aliphatic heterocycles. The predicted molar refractivity (Wildman–Crippen MR) is 112 cm³/mol. The summed E-state index contributed by atoms with van der Waals surface area (Å²) in [4.78, 5) is 26.3. The van der Waals surface area contributed by atoms with Gasteiger partial charge in [-0.3, -0.25) is 4.79 Å². The standard InChI is InChI=1S/C20H19ClFN5O3S/c1-2-16(23-20(29)30-12-13-6-4-3-5-7-13)17(28)11-27-25-19(24-26-27)31-18-9-8-14(22)10-15(18)21/h3-10,16H,2,11-12H2,1H3,(H,23,29). The second-order valence-corrected chi connectivity index (χ2v) is 7.83. The Labute approximate surface area is 187 Å². The molecule has 0 aliphatic carbocycles. The van der Waals surface area contributed by atoms with Crippen molar-refractivity contribution in [1.29, 1.82) is 0 Å². The molecule has 2 aromatic carbocycles. The van der Waals surface area contributed by atoms with Crippen molar-refractivity contribution in [2.75, 3.05) is 0 Å². The zero-order valence-corrected chi connectivity index (χ0v) is 18.1. The summed E-state index contributed by atoms with van der Waals surface area (Å²) in [5, 5.41) is 14.9. The number of alkyl carbamates (subject to hydrolysis) is 1. The van der Waals surface area contributed by atoms with Gasteiger partial charge in [0, 0.05) is 4.90 Å². The Balaban J connectivity index is 1.52. The third-order valence-corrected chi connectivity index (χ3v) is 5.48. The first-order chi connectivity index (χ1) is 14.9. The van der Waals surface area contributed by atoms with Crippen molar-refractivity contribution < 1.29 is 18.7 Å². The smallest absolute Gasteiger partial charge is 0.408 e. The van der Waals surface area contributed by atoms with Gasteiger partial charge >= 0.3 is 6.09 Å². The fourth-order valence-corrected chi connectivity index (χ4v) is 3.54. The van der Waals surface area contributed by atoms with E-state index in [0.717, 1.165) is 22.1 Å². The molecule has 162 valence electrons. The van der Waals surface area contributed by atoms with Crippen molar-refractivity contribution in [1.82, 2.24) is 25.5 Å².